The van der Waals surface area contributed by atoms with Gasteiger partial charge in [0.1, 0.15) is 0 Å². The Labute approximate surface area is 88.5 Å². The molecule has 0 unspecified atom stereocenters. The van der Waals surface area contributed by atoms with E-state index in [2.05, 4.69) is 0 Å². The summed E-state index contributed by atoms with van der Waals surface area (Å²) in [5.41, 5.74) is 0. The molecule has 0 aromatic carbocycles. The number of hydrogen-bond donors (Lipinski definition) is 1. The number of aliphatic carboxylic acids is 1. The maximum atomic E-state index is 10.2. The van der Waals surface area contributed by atoms with Crippen molar-refractivity contribution in [1.82, 2.24) is 0 Å². The molecule has 0 atom stereocenters. The largest absolute Gasteiger partial charge is 0.481 e. The molecule has 0 rings (SSSR count). The standard InChI is InChI=1S/C6H12O2.Nd/c1-3-5(4-2)6(7)8;/h5H,3-4H2,1-2H3,(H,7,8);. The first kappa shape index (κ1) is 12.5. The molecule has 1 N–H and O–H groups in total. The van der Waals surface area contributed by atoms with Crippen molar-refractivity contribution in [1.29, 1.82) is 0 Å². The van der Waals surface area contributed by atoms with Crippen LogP contribution in [0.2, 0.25) is 0 Å². The van der Waals surface area contributed by atoms with E-state index >= 15 is 0 Å². The molecule has 0 heterocycles. The summed E-state index contributed by atoms with van der Waals surface area (Å²) in [7, 11) is 0. The van der Waals surface area contributed by atoms with Gasteiger partial charge in [-0.05, 0) is 12.8 Å². The smallest absolute Gasteiger partial charge is 0.306 e. The molecule has 52 valence electrons. The molecular weight excluding hydrogens is 248 g/mol. The summed E-state index contributed by atoms with van der Waals surface area (Å²) < 4.78 is 0. The van der Waals surface area contributed by atoms with Crippen LogP contribution in [0.1, 0.15) is 26.7 Å². The van der Waals surface area contributed by atoms with E-state index in [0.717, 1.165) is 12.8 Å². The minimum atomic E-state index is -0.671. The molecule has 0 aliphatic heterocycles. The van der Waals surface area contributed by atoms with Crippen LogP contribution in [0.15, 0.2) is 0 Å². The molecule has 0 saturated carbocycles. The second kappa shape index (κ2) is 6.93. The quantitative estimate of drug-likeness (QED) is 0.835. The first-order valence-corrected chi connectivity index (χ1v) is 2.95. The van der Waals surface area contributed by atoms with Crippen LogP contribution in [0.25, 0.3) is 0 Å². The van der Waals surface area contributed by atoms with Crippen LogP contribution in [-0.2, 0) is 4.79 Å². The third-order valence-corrected chi connectivity index (χ3v) is 1.33. The summed E-state index contributed by atoms with van der Waals surface area (Å²) in [6, 6.07) is 0. The van der Waals surface area contributed by atoms with Crippen LogP contribution in [-0.4, -0.2) is 11.1 Å². The molecule has 0 aliphatic carbocycles. The van der Waals surface area contributed by atoms with Crippen molar-refractivity contribution in [3.8, 4) is 0 Å². The van der Waals surface area contributed by atoms with Gasteiger partial charge in [0, 0.05) is 40.8 Å². The van der Waals surface area contributed by atoms with Gasteiger partial charge in [0.25, 0.3) is 0 Å². The number of rotatable bonds is 3. The van der Waals surface area contributed by atoms with Crippen LogP contribution in [0, 0.1) is 46.8 Å². The third-order valence-electron chi connectivity index (χ3n) is 1.33. The normalized spacial score (nSPS) is 8.78. The van der Waals surface area contributed by atoms with Crippen LogP contribution >= 0.6 is 0 Å². The fraction of sp³-hybridized carbons (Fsp3) is 0.833. The van der Waals surface area contributed by atoms with E-state index in [-0.39, 0.29) is 46.8 Å². The van der Waals surface area contributed by atoms with Crippen LogP contribution < -0.4 is 0 Å². The summed E-state index contributed by atoms with van der Waals surface area (Å²) >= 11 is 0. The zero-order valence-corrected chi connectivity index (χ0v) is 9.06. The van der Waals surface area contributed by atoms with Crippen molar-refractivity contribution in [3.05, 3.63) is 0 Å². The molecule has 0 aliphatic rings. The monoisotopic (exact) mass is 258 g/mol. The van der Waals surface area contributed by atoms with Gasteiger partial charge in [-0.2, -0.15) is 0 Å². The third kappa shape index (κ3) is 5.27. The van der Waals surface area contributed by atoms with Gasteiger partial charge in [-0.1, -0.05) is 13.8 Å². The Hall–Kier alpha value is 0.821. The van der Waals surface area contributed by atoms with Gasteiger partial charge in [0.15, 0.2) is 0 Å². The van der Waals surface area contributed by atoms with Crippen molar-refractivity contribution in [2.75, 3.05) is 0 Å². The minimum Gasteiger partial charge on any atom is -0.481 e. The van der Waals surface area contributed by atoms with E-state index in [1.165, 1.54) is 0 Å². The Morgan fingerprint density at radius 2 is 1.78 bits per heavy atom. The summed E-state index contributed by atoms with van der Waals surface area (Å²) in [6.07, 6.45) is 1.48. The second-order valence-electron chi connectivity index (χ2n) is 1.85. The molecule has 0 bridgehead atoms. The Kier molecular flexibility index (Phi) is 9.62. The molecule has 0 amide bonds. The van der Waals surface area contributed by atoms with Gasteiger partial charge in [-0.15, -0.1) is 0 Å². The summed E-state index contributed by atoms with van der Waals surface area (Å²) in [6.45, 7) is 3.78. The molecule has 3 heteroatoms. The van der Waals surface area contributed by atoms with Gasteiger partial charge in [0.2, 0.25) is 0 Å². The molecule has 0 aromatic heterocycles. The van der Waals surface area contributed by atoms with Crippen LogP contribution in [0.3, 0.4) is 0 Å². The first-order chi connectivity index (χ1) is 3.72. The van der Waals surface area contributed by atoms with Crippen LogP contribution in [0.5, 0.6) is 0 Å². The Balaban J connectivity index is 0. The number of carboxylic acids is 1. The molecule has 2 nitrogen and oxygen atoms in total. The van der Waals surface area contributed by atoms with Gasteiger partial charge in [-0.3, -0.25) is 4.79 Å². The number of hydrogen-bond acceptors (Lipinski definition) is 1. The van der Waals surface area contributed by atoms with Crippen molar-refractivity contribution >= 4 is 5.97 Å². The van der Waals surface area contributed by atoms with Crippen molar-refractivity contribution < 1.29 is 50.7 Å². The zero-order chi connectivity index (χ0) is 6.57. The number of carboxylic acid groups (broad SMARTS) is 1. The maximum absolute atomic E-state index is 10.2. The van der Waals surface area contributed by atoms with Crippen LogP contribution in [0.4, 0.5) is 0 Å². The topological polar surface area (TPSA) is 37.3 Å². The molecule has 9 heavy (non-hydrogen) atoms. The molecule has 0 radical (unpaired) electrons. The summed E-state index contributed by atoms with van der Waals surface area (Å²) in [5, 5.41) is 8.37. The Morgan fingerprint density at radius 3 is 1.78 bits per heavy atom. The number of carbonyl (C=O) groups is 1. The summed E-state index contributed by atoms with van der Waals surface area (Å²) in [5.74, 6) is -0.801. The minimum absolute atomic E-state index is 0. The van der Waals surface area contributed by atoms with Gasteiger partial charge >= 0.3 is 5.97 Å². The Morgan fingerprint density at radius 1 is 1.44 bits per heavy atom. The van der Waals surface area contributed by atoms with Gasteiger partial charge < -0.3 is 5.11 Å². The first-order valence-electron chi connectivity index (χ1n) is 2.95. The van der Waals surface area contributed by atoms with E-state index in [0.29, 0.717) is 0 Å². The predicted octanol–water partition coefficient (Wildman–Crippen LogP) is 1.51. The Bertz CT molecular complexity index is 79.1. The van der Waals surface area contributed by atoms with E-state index in [9.17, 15) is 4.79 Å². The van der Waals surface area contributed by atoms with Gasteiger partial charge in [-0.25, -0.2) is 0 Å². The summed E-state index contributed by atoms with van der Waals surface area (Å²) in [4.78, 5) is 10.2. The second-order valence-corrected chi connectivity index (χ2v) is 1.85. The zero-order valence-electron chi connectivity index (χ0n) is 5.85. The van der Waals surface area contributed by atoms with Gasteiger partial charge in [0.05, 0.1) is 5.92 Å². The molecule has 0 fully saturated rings. The fourth-order valence-corrected chi connectivity index (χ4v) is 0.638. The maximum Gasteiger partial charge on any atom is 0.306 e. The van der Waals surface area contributed by atoms with E-state index in [1.54, 1.807) is 0 Å². The van der Waals surface area contributed by atoms with E-state index in [4.69, 9.17) is 5.11 Å². The SMILES string of the molecule is CCC(CC)C(=O)O.[Nd]. The molecule has 0 spiro atoms. The predicted molar refractivity (Wildman–Crippen MR) is 31.7 cm³/mol. The molecular formula is C6H12NdO2. The van der Waals surface area contributed by atoms with Crippen molar-refractivity contribution in [2.45, 2.75) is 26.7 Å². The average Bonchev–Trinajstić information content (AvgIpc) is 1.69. The van der Waals surface area contributed by atoms with E-state index in [1.807, 2.05) is 13.8 Å². The van der Waals surface area contributed by atoms with Crippen molar-refractivity contribution in [3.63, 3.8) is 0 Å². The molecule has 0 aromatic rings. The fourth-order valence-electron chi connectivity index (χ4n) is 0.638. The van der Waals surface area contributed by atoms with Crippen molar-refractivity contribution in [2.24, 2.45) is 5.92 Å². The van der Waals surface area contributed by atoms with E-state index < -0.39 is 5.97 Å². The molecule has 0 saturated heterocycles. The average molecular weight is 260 g/mol.